The first kappa shape index (κ1) is 18.1. The van der Waals surface area contributed by atoms with Gasteiger partial charge in [0.15, 0.2) is 0 Å². The fraction of sp³-hybridized carbons (Fsp3) is 0.667. The number of piperidine rings is 1. The fourth-order valence-electron chi connectivity index (χ4n) is 3.67. The zero-order valence-corrected chi connectivity index (χ0v) is 14.9. The topological polar surface area (TPSA) is 72.9 Å². The molecular weight excluding hydrogens is 322 g/mol. The Morgan fingerprint density at radius 3 is 3.16 bits per heavy atom. The zero-order valence-electron chi connectivity index (χ0n) is 14.9. The normalized spacial score (nSPS) is 26.2. The van der Waals surface area contributed by atoms with Crippen LogP contribution in [0.25, 0.3) is 0 Å². The van der Waals surface area contributed by atoms with E-state index in [4.69, 9.17) is 14.2 Å². The van der Waals surface area contributed by atoms with Crippen molar-refractivity contribution in [2.75, 3.05) is 40.5 Å². The quantitative estimate of drug-likeness (QED) is 0.735. The van der Waals surface area contributed by atoms with Crippen molar-refractivity contribution >= 4 is 5.91 Å². The number of carbonyl (C=O) groups excluding carboxylic acids is 1. The van der Waals surface area contributed by atoms with E-state index >= 15 is 0 Å². The molecule has 1 amide bonds. The highest BCUT2D eigenvalue weighted by atomic mass is 16.5. The van der Waals surface area contributed by atoms with Gasteiger partial charge < -0.3 is 19.5 Å². The summed E-state index contributed by atoms with van der Waals surface area (Å²) in [6.45, 7) is 3.67. The van der Waals surface area contributed by atoms with Gasteiger partial charge in [0.05, 0.1) is 19.8 Å². The minimum atomic E-state index is -0.334. The zero-order chi connectivity index (χ0) is 17.6. The molecule has 2 fully saturated rings. The predicted octanol–water partition coefficient (Wildman–Crippen LogP) is 0.832. The van der Waals surface area contributed by atoms with Crippen LogP contribution < -0.4 is 10.1 Å². The first-order valence-electron chi connectivity index (χ1n) is 8.83. The number of methoxy groups -OCH3 is 2. The van der Waals surface area contributed by atoms with Crippen molar-refractivity contribution in [3.05, 3.63) is 23.9 Å². The third kappa shape index (κ3) is 4.48. The van der Waals surface area contributed by atoms with Crippen molar-refractivity contribution in [1.29, 1.82) is 0 Å². The molecular formula is C18H27N3O4. The standard InChI is InChI=1S/C18H27N3O4/c1-23-9-7-19-17(22)15-10-13-5-8-21(12-16(13)25-15)11-14-4-3-6-20-18(14)24-2/h3-4,6,13,15-16H,5,7-12H2,1-2H3,(H,19,22)/t13-,15+,16+/m1/s1. The van der Waals surface area contributed by atoms with E-state index in [2.05, 4.69) is 15.2 Å². The molecule has 3 heterocycles. The van der Waals surface area contributed by atoms with Gasteiger partial charge in [-0.1, -0.05) is 6.07 Å². The molecule has 2 aliphatic heterocycles. The summed E-state index contributed by atoms with van der Waals surface area (Å²) in [5, 5.41) is 2.87. The van der Waals surface area contributed by atoms with Gasteiger partial charge in [0.25, 0.3) is 0 Å². The summed E-state index contributed by atoms with van der Waals surface area (Å²) in [5.41, 5.74) is 1.08. The minimum absolute atomic E-state index is 0.0214. The Morgan fingerprint density at radius 1 is 1.48 bits per heavy atom. The van der Waals surface area contributed by atoms with Crippen LogP contribution in [0.1, 0.15) is 18.4 Å². The SMILES string of the molecule is COCCNC(=O)[C@@H]1C[C@H]2CCN(Cc3cccnc3OC)C[C@@H]2O1. The number of nitrogens with one attached hydrogen (secondary N) is 1. The molecule has 138 valence electrons. The average Bonchev–Trinajstić information content (AvgIpc) is 3.06. The Hall–Kier alpha value is -1.70. The Kier molecular flexibility index (Phi) is 6.23. The number of carbonyl (C=O) groups is 1. The van der Waals surface area contributed by atoms with Crippen LogP contribution in [0.5, 0.6) is 5.88 Å². The van der Waals surface area contributed by atoms with E-state index in [-0.39, 0.29) is 18.1 Å². The van der Waals surface area contributed by atoms with Crippen LogP contribution in [0.3, 0.4) is 0 Å². The lowest BCUT2D eigenvalue weighted by molar-refractivity contribution is -0.133. The van der Waals surface area contributed by atoms with Crippen molar-refractivity contribution in [3.63, 3.8) is 0 Å². The third-order valence-electron chi connectivity index (χ3n) is 4.97. The first-order valence-corrected chi connectivity index (χ1v) is 8.83. The molecule has 0 aromatic carbocycles. The van der Waals surface area contributed by atoms with Gasteiger partial charge in [0.1, 0.15) is 6.10 Å². The van der Waals surface area contributed by atoms with E-state index in [1.54, 1.807) is 20.4 Å². The number of likely N-dealkylation sites (tertiary alicyclic amines) is 1. The van der Waals surface area contributed by atoms with Crippen molar-refractivity contribution in [2.24, 2.45) is 5.92 Å². The Morgan fingerprint density at radius 2 is 2.36 bits per heavy atom. The van der Waals surface area contributed by atoms with E-state index < -0.39 is 0 Å². The van der Waals surface area contributed by atoms with Crippen molar-refractivity contribution in [1.82, 2.24) is 15.2 Å². The molecule has 0 radical (unpaired) electrons. The number of fused-ring (bicyclic) bond motifs is 1. The monoisotopic (exact) mass is 349 g/mol. The number of rotatable bonds is 7. The molecule has 1 N–H and O–H groups in total. The minimum Gasteiger partial charge on any atom is -0.481 e. The molecule has 3 atom stereocenters. The van der Waals surface area contributed by atoms with Gasteiger partial charge in [-0.2, -0.15) is 0 Å². The van der Waals surface area contributed by atoms with Crippen LogP contribution in [-0.4, -0.2) is 68.5 Å². The second-order valence-electron chi connectivity index (χ2n) is 6.64. The molecule has 7 heteroatoms. The number of hydrogen-bond acceptors (Lipinski definition) is 6. The van der Waals surface area contributed by atoms with E-state index in [1.165, 1.54) is 0 Å². The highest BCUT2D eigenvalue weighted by molar-refractivity contribution is 5.81. The lowest BCUT2D eigenvalue weighted by Crippen LogP contribution is -2.42. The molecule has 0 unspecified atom stereocenters. The molecule has 0 bridgehead atoms. The van der Waals surface area contributed by atoms with Crippen LogP contribution in [0, 0.1) is 5.92 Å². The highest BCUT2D eigenvalue weighted by Gasteiger charge is 2.41. The van der Waals surface area contributed by atoms with Gasteiger partial charge in [-0.15, -0.1) is 0 Å². The van der Waals surface area contributed by atoms with E-state index in [9.17, 15) is 4.79 Å². The highest BCUT2D eigenvalue weighted by Crippen LogP contribution is 2.34. The van der Waals surface area contributed by atoms with E-state index in [0.29, 0.717) is 24.9 Å². The lowest BCUT2D eigenvalue weighted by Gasteiger charge is -2.34. The van der Waals surface area contributed by atoms with Crippen LogP contribution in [0.15, 0.2) is 18.3 Å². The van der Waals surface area contributed by atoms with Crippen LogP contribution in [0.2, 0.25) is 0 Å². The van der Waals surface area contributed by atoms with Crippen LogP contribution >= 0.6 is 0 Å². The first-order chi connectivity index (χ1) is 12.2. The summed E-state index contributed by atoms with van der Waals surface area (Å²) in [4.78, 5) is 18.8. The third-order valence-corrected chi connectivity index (χ3v) is 4.97. The largest absolute Gasteiger partial charge is 0.481 e. The van der Waals surface area contributed by atoms with E-state index in [1.807, 2.05) is 12.1 Å². The van der Waals surface area contributed by atoms with Crippen LogP contribution in [0.4, 0.5) is 0 Å². The number of hydrogen-bond donors (Lipinski definition) is 1. The molecule has 25 heavy (non-hydrogen) atoms. The van der Waals surface area contributed by atoms with Crippen molar-refractivity contribution in [3.8, 4) is 5.88 Å². The molecule has 0 aliphatic carbocycles. The summed E-state index contributed by atoms with van der Waals surface area (Å²) in [6, 6.07) is 3.97. The summed E-state index contributed by atoms with van der Waals surface area (Å²) >= 11 is 0. The molecule has 1 aromatic rings. The second kappa shape index (κ2) is 8.60. The second-order valence-corrected chi connectivity index (χ2v) is 6.64. The van der Waals surface area contributed by atoms with Crippen molar-refractivity contribution < 1.29 is 19.0 Å². The molecule has 2 saturated heterocycles. The number of pyridine rings is 1. The summed E-state index contributed by atoms with van der Waals surface area (Å²) in [6.07, 6.45) is 3.39. The van der Waals surface area contributed by atoms with Gasteiger partial charge in [-0.3, -0.25) is 9.69 Å². The van der Waals surface area contributed by atoms with Gasteiger partial charge in [-0.25, -0.2) is 4.98 Å². The van der Waals surface area contributed by atoms with Gasteiger partial charge in [-0.05, 0) is 31.4 Å². The van der Waals surface area contributed by atoms with E-state index in [0.717, 1.165) is 38.0 Å². The number of amides is 1. The molecule has 2 aliphatic rings. The summed E-state index contributed by atoms with van der Waals surface area (Å²) in [5.74, 6) is 1.12. The summed E-state index contributed by atoms with van der Waals surface area (Å²) in [7, 11) is 3.27. The number of aromatic nitrogens is 1. The maximum atomic E-state index is 12.2. The van der Waals surface area contributed by atoms with Gasteiger partial charge in [0, 0.05) is 38.5 Å². The predicted molar refractivity (Wildman–Crippen MR) is 92.3 cm³/mol. The molecule has 7 nitrogen and oxygen atoms in total. The molecule has 0 saturated carbocycles. The molecule has 3 rings (SSSR count). The lowest BCUT2D eigenvalue weighted by atomic mass is 9.91. The molecule has 1 aromatic heterocycles. The molecule has 0 spiro atoms. The van der Waals surface area contributed by atoms with Crippen molar-refractivity contribution in [2.45, 2.75) is 31.6 Å². The maximum absolute atomic E-state index is 12.2. The van der Waals surface area contributed by atoms with Gasteiger partial charge in [0.2, 0.25) is 11.8 Å². The number of ether oxygens (including phenoxy) is 3. The summed E-state index contributed by atoms with van der Waals surface area (Å²) < 4.78 is 16.3. The fourth-order valence-corrected chi connectivity index (χ4v) is 3.67. The Balaban J connectivity index is 1.52. The smallest absolute Gasteiger partial charge is 0.249 e. The maximum Gasteiger partial charge on any atom is 0.249 e. The number of nitrogens with zero attached hydrogens (tertiary/aromatic N) is 2. The van der Waals surface area contributed by atoms with Gasteiger partial charge >= 0.3 is 0 Å². The Labute approximate surface area is 148 Å². The Bertz CT molecular complexity index is 583. The van der Waals surface area contributed by atoms with Crippen LogP contribution in [-0.2, 0) is 20.8 Å². The average molecular weight is 349 g/mol.